The molecule has 1 aromatic carbocycles. The lowest BCUT2D eigenvalue weighted by molar-refractivity contribution is 0.409. The first kappa shape index (κ1) is 13.5. The van der Waals surface area contributed by atoms with Gasteiger partial charge in [-0.15, -0.1) is 0 Å². The summed E-state index contributed by atoms with van der Waals surface area (Å²) in [5, 5.41) is 0.471. The molecule has 0 aliphatic heterocycles. The zero-order valence-corrected chi connectivity index (χ0v) is 11.1. The van der Waals surface area contributed by atoms with Gasteiger partial charge in [0.15, 0.2) is 0 Å². The van der Waals surface area contributed by atoms with Crippen molar-refractivity contribution < 1.29 is 4.21 Å². The second kappa shape index (κ2) is 6.23. The highest BCUT2D eigenvalue weighted by atomic mass is 35.5. The van der Waals surface area contributed by atoms with E-state index in [1.165, 1.54) is 0 Å². The number of halogens is 1. The van der Waals surface area contributed by atoms with Crippen molar-refractivity contribution in [2.75, 3.05) is 32.1 Å². The maximum absolute atomic E-state index is 11.9. The Morgan fingerprint density at radius 1 is 1.44 bits per heavy atom. The third-order valence-electron chi connectivity index (χ3n) is 2.17. The minimum atomic E-state index is -0.985. The fraction of sp³-hybridized carbons (Fsp3) is 0.455. The second-order valence-corrected chi connectivity index (χ2v) is 5.87. The van der Waals surface area contributed by atoms with Gasteiger partial charge in [0.25, 0.3) is 0 Å². The number of nitrogens with zero attached hydrogens (tertiary/aromatic N) is 1. The lowest BCUT2D eigenvalue weighted by atomic mass is 10.3. The molecule has 0 fully saturated rings. The van der Waals surface area contributed by atoms with E-state index in [0.717, 1.165) is 17.9 Å². The second-order valence-electron chi connectivity index (χ2n) is 3.89. The molecule has 0 radical (unpaired) electrons. The Labute approximate surface area is 104 Å². The number of rotatable bonds is 5. The predicted molar refractivity (Wildman–Crippen MR) is 70.3 cm³/mol. The highest BCUT2D eigenvalue weighted by molar-refractivity contribution is 7.85. The monoisotopic (exact) mass is 260 g/mol. The summed E-state index contributed by atoms with van der Waals surface area (Å²) in [7, 11) is 3.02. The van der Waals surface area contributed by atoms with E-state index < -0.39 is 10.8 Å². The third-order valence-corrected chi connectivity index (χ3v) is 3.94. The van der Waals surface area contributed by atoms with Crippen LogP contribution in [-0.2, 0) is 10.8 Å². The first-order valence-corrected chi connectivity index (χ1v) is 6.78. The fourth-order valence-corrected chi connectivity index (χ4v) is 2.62. The molecule has 0 saturated heterocycles. The molecule has 1 rings (SSSR count). The Kier molecular flexibility index (Phi) is 5.25. The molecule has 3 nitrogen and oxygen atoms in total. The van der Waals surface area contributed by atoms with E-state index in [4.69, 9.17) is 17.3 Å². The van der Waals surface area contributed by atoms with Crippen LogP contribution in [0.1, 0.15) is 6.42 Å². The van der Waals surface area contributed by atoms with E-state index in [1.54, 1.807) is 18.2 Å². The molecule has 1 atom stereocenters. The summed E-state index contributed by atoms with van der Waals surface area (Å²) in [5.74, 6) is 0.651. The zero-order valence-electron chi connectivity index (χ0n) is 9.57. The van der Waals surface area contributed by atoms with Crippen LogP contribution in [0.2, 0.25) is 5.02 Å². The van der Waals surface area contributed by atoms with Crippen LogP contribution in [0.5, 0.6) is 0 Å². The smallest absolute Gasteiger partial charge is 0.0647 e. The van der Waals surface area contributed by atoms with Gasteiger partial charge in [-0.1, -0.05) is 11.6 Å². The van der Waals surface area contributed by atoms with Crippen molar-refractivity contribution in [1.29, 1.82) is 0 Å². The number of nitrogens with two attached hydrogens (primary N) is 1. The molecule has 90 valence electrons. The quantitative estimate of drug-likeness (QED) is 0.824. The van der Waals surface area contributed by atoms with Gasteiger partial charge in [0.2, 0.25) is 0 Å². The van der Waals surface area contributed by atoms with Gasteiger partial charge in [-0.05, 0) is 45.3 Å². The standard InChI is InChI=1S/C11H17ClN2OS/c1-14(2)6-3-7-16(15)9-4-5-11(13)10(12)8-9/h4-5,8H,3,6-7,13H2,1-2H3. The summed E-state index contributed by atoms with van der Waals surface area (Å²) in [4.78, 5) is 2.82. The number of benzene rings is 1. The van der Waals surface area contributed by atoms with Crippen molar-refractivity contribution in [3.05, 3.63) is 23.2 Å². The summed E-state index contributed by atoms with van der Waals surface area (Å²) in [6.45, 7) is 0.939. The zero-order chi connectivity index (χ0) is 12.1. The van der Waals surface area contributed by atoms with E-state index >= 15 is 0 Å². The molecular weight excluding hydrogens is 244 g/mol. The molecule has 0 spiro atoms. The van der Waals surface area contributed by atoms with E-state index in [0.29, 0.717) is 16.5 Å². The fourth-order valence-electron chi connectivity index (χ4n) is 1.28. The number of hydrogen-bond donors (Lipinski definition) is 1. The lowest BCUT2D eigenvalue weighted by Gasteiger charge is -2.09. The molecule has 0 aromatic heterocycles. The summed E-state index contributed by atoms with van der Waals surface area (Å²) in [6.07, 6.45) is 0.904. The number of nitrogen functional groups attached to an aromatic ring is 1. The highest BCUT2D eigenvalue weighted by Gasteiger charge is 2.06. The largest absolute Gasteiger partial charge is 0.398 e. The van der Waals surface area contributed by atoms with Crippen LogP contribution < -0.4 is 5.73 Å². The van der Waals surface area contributed by atoms with Crippen LogP contribution in [0.4, 0.5) is 5.69 Å². The molecule has 16 heavy (non-hydrogen) atoms. The van der Waals surface area contributed by atoms with E-state index in [1.807, 2.05) is 14.1 Å². The molecular formula is C11H17ClN2OS. The van der Waals surface area contributed by atoms with E-state index in [2.05, 4.69) is 4.90 Å². The Balaban J connectivity index is 2.56. The number of anilines is 1. The molecule has 0 aliphatic rings. The van der Waals surface area contributed by atoms with Crippen LogP contribution in [-0.4, -0.2) is 35.5 Å². The summed E-state index contributed by atoms with van der Waals surface area (Å²) < 4.78 is 11.9. The molecule has 0 bridgehead atoms. The van der Waals surface area contributed by atoms with Crippen molar-refractivity contribution in [2.24, 2.45) is 0 Å². The predicted octanol–water partition coefficient (Wildman–Crippen LogP) is 1.98. The summed E-state index contributed by atoms with van der Waals surface area (Å²) in [5.41, 5.74) is 6.11. The van der Waals surface area contributed by atoms with Crippen LogP contribution >= 0.6 is 11.6 Å². The first-order valence-electron chi connectivity index (χ1n) is 5.09. The van der Waals surface area contributed by atoms with Crippen LogP contribution in [0.15, 0.2) is 23.1 Å². The highest BCUT2D eigenvalue weighted by Crippen LogP contribution is 2.21. The molecule has 0 saturated carbocycles. The van der Waals surface area contributed by atoms with Crippen molar-refractivity contribution in [2.45, 2.75) is 11.3 Å². The summed E-state index contributed by atoms with van der Waals surface area (Å²) in [6, 6.07) is 5.15. The molecule has 5 heteroatoms. The van der Waals surface area contributed by atoms with Crippen molar-refractivity contribution in [3.63, 3.8) is 0 Å². The maximum Gasteiger partial charge on any atom is 0.0647 e. The molecule has 0 amide bonds. The van der Waals surface area contributed by atoms with Gasteiger partial charge in [-0.2, -0.15) is 0 Å². The normalized spacial score (nSPS) is 13.0. The van der Waals surface area contributed by atoms with Gasteiger partial charge in [-0.25, -0.2) is 0 Å². The Hall–Kier alpha value is -0.580. The topological polar surface area (TPSA) is 46.3 Å². The molecule has 0 aliphatic carbocycles. The van der Waals surface area contributed by atoms with Gasteiger partial charge in [0.1, 0.15) is 0 Å². The van der Waals surface area contributed by atoms with Crippen LogP contribution in [0.3, 0.4) is 0 Å². The Morgan fingerprint density at radius 2 is 2.12 bits per heavy atom. The Bertz CT molecular complexity index is 382. The first-order chi connectivity index (χ1) is 7.50. The average Bonchev–Trinajstić information content (AvgIpc) is 2.21. The van der Waals surface area contributed by atoms with Crippen LogP contribution in [0.25, 0.3) is 0 Å². The average molecular weight is 261 g/mol. The van der Waals surface area contributed by atoms with E-state index in [9.17, 15) is 4.21 Å². The lowest BCUT2D eigenvalue weighted by Crippen LogP contribution is -2.15. The van der Waals surface area contributed by atoms with Gasteiger partial charge in [0.05, 0.1) is 21.5 Å². The molecule has 1 aromatic rings. The summed E-state index contributed by atoms with van der Waals surface area (Å²) >= 11 is 5.87. The number of hydrogen-bond acceptors (Lipinski definition) is 3. The van der Waals surface area contributed by atoms with Crippen molar-refractivity contribution >= 4 is 28.1 Å². The SMILES string of the molecule is CN(C)CCCS(=O)c1ccc(N)c(Cl)c1. The van der Waals surface area contributed by atoms with Crippen molar-refractivity contribution in [3.8, 4) is 0 Å². The minimum absolute atomic E-state index is 0.471. The molecule has 1 unspecified atom stereocenters. The third kappa shape index (κ3) is 4.12. The molecule has 0 heterocycles. The maximum atomic E-state index is 11.9. The van der Waals surface area contributed by atoms with Crippen LogP contribution in [0, 0.1) is 0 Å². The van der Waals surface area contributed by atoms with Gasteiger partial charge in [-0.3, -0.25) is 4.21 Å². The van der Waals surface area contributed by atoms with Gasteiger partial charge < -0.3 is 10.6 Å². The van der Waals surface area contributed by atoms with Gasteiger partial charge in [0, 0.05) is 10.6 Å². The minimum Gasteiger partial charge on any atom is -0.398 e. The van der Waals surface area contributed by atoms with Crippen molar-refractivity contribution in [1.82, 2.24) is 4.90 Å². The van der Waals surface area contributed by atoms with E-state index in [-0.39, 0.29) is 0 Å². The van der Waals surface area contributed by atoms with Gasteiger partial charge >= 0.3 is 0 Å². The molecule has 2 N–H and O–H groups in total. The Morgan fingerprint density at radius 3 is 2.69 bits per heavy atom.